The molecule has 2 aliphatic rings. The van der Waals surface area contributed by atoms with E-state index in [0.717, 1.165) is 51.1 Å². The van der Waals surface area contributed by atoms with Gasteiger partial charge in [-0.2, -0.15) is 0 Å². The van der Waals surface area contributed by atoms with Crippen LogP contribution in [0.15, 0.2) is 54.6 Å². The zero-order chi connectivity index (χ0) is 21.5. The van der Waals surface area contributed by atoms with E-state index in [0.29, 0.717) is 18.7 Å². The van der Waals surface area contributed by atoms with Gasteiger partial charge in [-0.15, -0.1) is 0 Å². The van der Waals surface area contributed by atoms with Crippen molar-refractivity contribution < 1.29 is 19.4 Å². The number of carbonyl (C=O) groups excluding carboxylic acids is 1. The number of likely N-dealkylation sites (tertiary alicyclic amines) is 1. The third-order valence-electron chi connectivity index (χ3n) is 6.32. The van der Waals surface area contributed by atoms with Crippen LogP contribution in [0.4, 0.5) is 0 Å². The lowest BCUT2D eigenvalue weighted by Gasteiger charge is -2.39. The van der Waals surface area contributed by atoms with Gasteiger partial charge in [0.15, 0.2) is 0 Å². The fraction of sp³-hybridized carbons (Fsp3) is 0.480. The van der Waals surface area contributed by atoms with Gasteiger partial charge in [0, 0.05) is 31.7 Å². The van der Waals surface area contributed by atoms with Gasteiger partial charge in [0.25, 0.3) is 5.91 Å². The van der Waals surface area contributed by atoms with Gasteiger partial charge < -0.3 is 19.9 Å². The predicted octanol–water partition coefficient (Wildman–Crippen LogP) is 3.00. The molecule has 1 amide bonds. The molecule has 2 aromatic rings. The molecule has 0 radical (unpaired) electrons. The van der Waals surface area contributed by atoms with E-state index in [9.17, 15) is 4.79 Å². The average molecular weight is 425 g/mol. The Bertz CT molecular complexity index is 832. The van der Waals surface area contributed by atoms with Gasteiger partial charge in [0.05, 0.1) is 18.3 Å². The lowest BCUT2D eigenvalue weighted by molar-refractivity contribution is -0.0764. The van der Waals surface area contributed by atoms with E-state index in [4.69, 9.17) is 14.6 Å². The number of benzene rings is 2. The number of amides is 1. The topological polar surface area (TPSA) is 71.0 Å². The maximum absolute atomic E-state index is 12.3. The van der Waals surface area contributed by atoms with Crippen LogP contribution in [-0.4, -0.2) is 60.5 Å². The predicted molar refractivity (Wildman–Crippen MR) is 119 cm³/mol. The zero-order valence-corrected chi connectivity index (χ0v) is 18.0. The molecule has 31 heavy (non-hydrogen) atoms. The number of aliphatic hydroxyl groups is 1. The summed E-state index contributed by atoms with van der Waals surface area (Å²) in [7, 11) is 0. The molecule has 1 unspecified atom stereocenters. The first kappa shape index (κ1) is 21.8. The van der Waals surface area contributed by atoms with Crippen LogP contribution in [0, 0.1) is 0 Å². The smallest absolute Gasteiger partial charge is 0.251 e. The van der Waals surface area contributed by atoms with Gasteiger partial charge >= 0.3 is 0 Å². The summed E-state index contributed by atoms with van der Waals surface area (Å²) in [4.78, 5) is 14.7. The minimum atomic E-state index is -0.0345. The van der Waals surface area contributed by atoms with Crippen LogP contribution in [0.3, 0.4) is 0 Å². The molecule has 2 aliphatic heterocycles. The molecule has 1 atom stereocenters. The molecule has 2 heterocycles. The van der Waals surface area contributed by atoms with Crippen molar-refractivity contribution in [3.05, 3.63) is 65.7 Å². The Hall–Kier alpha value is -2.41. The lowest BCUT2D eigenvalue weighted by atomic mass is 9.88. The van der Waals surface area contributed by atoms with E-state index < -0.39 is 0 Å². The summed E-state index contributed by atoms with van der Waals surface area (Å²) in [6, 6.07) is 17.4. The van der Waals surface area contributed by atoms with Gasteiger partial charge in [-0.1, -0.05) is 30.3 Å². The standard InChI is InChI=1S/C25H32N2O4/c28-16-17-30-22-8-6-20(7-9-22)19-27-14-12-25(13-15-27)11-10-23(31-25)18-26-24(29)21-4-2-1-3-5-21/h1-9,23,28H,10-19H2,(H,26,29). The molecule has 0 aromatic heterocycles. The van der Waals surface area contributed by atoms with Gasteiger partial charge in [-0.25, -0.2) is 0 Å². The fourth-order valence-corrected chi connectivity index (χ4v) is 4.54. The second kappa shape index (κ2) is 10.3. The number of carbonyl (C=O) groups is 1. The molecule has 2 aromatic carbocycles. The summed E-state index contributed by atoms with van der Waals surface area (Å²) in [6.07, 6.45) is 4.25. The summed E-state index contributed by atoms with van der Waals surface area (Å²) >= 11 is 0. The van der Waals surface area contributed by atoms with Crippen molar-refractivity contribution in [2.75, 3.05) is 32.8 Å². The third-order valence-corrected chi connectivity index (χ3v) is 6.32. The Labute approximate surface area is 184 Å². The number of nitrogens with one attached hydrogen (secondary N) is 1. The van der Waals surface area contributed by atoms with Crippen LogP contribution in [0.2, 0.25) is 0 Å². The van der Waals surface area contributed by atoms with Crippen molar-refractivity contribution in [1.82, 2.24) is 10.2 Å². The molecule has 0 bridgehead atoms. The molecule has 166 valence electrons. The van der Waals surface area contributed by atoms with Gasteiger partial charge in [0.1, 0.15) is 12.4 Å². The second-order valence-electron chi connectivity index (χ2n) is 8.53. The maximum atomic E-state index is 12.3. The highest BCUT2D eigenvalue weighted by Crippen LogP contribution is 2.39. The van der Waals surface area contributed by atoms with E-state index >= 15 is 0 Å². The number of nitrogens with zero attached hydrogens (tertiary/aromatic N) is 1. The Kier molecular flexibility index (Phi) is 7.22. The van der Waals surface area contributed by atoms with Crippen molar-refractivity contribution >= 4 is 5.91 Å². The van der Waals surface area contributed by atoms with Crippen LogP contribution in [0.1, 0.15) is 41.6 Å². The average Bonchev–Trinajstić information content (AvgIpc) is 3.22. The maximum Gasteiger partial charge on any atom is 0.251 e. The largest absolute Gasteiger partial charge is 0.491 e. The summed E-state index contributed by atoms with van der Waals surface area (Å²) in [5, 5.41) is 11.9. The lowest BCUT2D eigenvalue weighted by Crippen LogP contribution is -2.44. The zero-order valence-electron chi connectivity index (χ0n) is 18.0. The number of ether oxygens (including phenoxy) is 2. The molecule has 2 fully saturated rings. The van der Waals surface area contributed by atoms with Crippen LogP contribution in [-0.2, 0) is 11.3 Å². The molecule has 2 saturated heterocycles. The summed E-state index contributed by atoms with van der Waals surface area (Å²) < 4.78 is 11.9. The van der Waals surface area contributed by atoms with E-state index in [2.05, 4.69) is 22.3 Å². The normalized spacial score (nSPS) is 20.6. The van der Waals surface area contributed by atoms with Crippen molar-refractivity contribution in [1.29, 1.82) is 0 Å². The molecule has 4 rings (SSSR count). The van der Waals surface area contributed by atoms with E-state index in [1.54, 1.807) is 0 Å². The SMILES string of the molecule is O=C(NCC1CCC2(CCN(Cc3ccc(OCCO)cc3)CC2)O1)c1ccccc1. The summed E-state index contributed by atoms with van der Waals surface area (Å²) in [5.74, 6) is 0.757. The van der Waals surface area contributed by atoms with Crippen LogP contribution in [0.25, 0.3) is 0 Å². The molecule has 2 N–H and O–H groups in total. The van der Waals surface area contributed by atoms with E-state index in [1.165, 1.54) is 5.56 Å². The third kappa shape index (κ3) is 5.85. The van der Waals surface area contributed by atoms with Gasteiger partial charge in [-0.3, -0.25) is 9.69 Å². The Balaban J connectivity index is 1.20. The van der Waals surface area contributed by atoms with Crippen LogP contribution < -0.4 is 10.1 Å². The molecule has 0 aliphatic carbocycles. The molecule has 1 spiro atoms. The highest BCUT2D eigenvalue weighted by molar-refractivity contribution is 5.94. The van der Waals surface area contributed by atoms with Crippen LogP contribution >= 0.6 is 0 Å². The number of hydrogen-bond donors (Lipinski definition) is 2. The molecular formula is C25H32N2O4. The first-order valence-electron chi connectivity index (χ1n) is 11.2. The van der Waals surface area contributed by atoms with E-state index in [1.807, 2.05) is 42.5 Å². The fourth-order valence-electron chi connectivity index (χ4n) is 4.54. The summed E-state index contributed by atoms with van der Waals surface area (Å²) in [5.41, 5.74) is 1.93. The van der Waals surface area contributed by atoms with Crippen molar-refractivity contribution in [2.45, 2.75) is 43.9 Å². The summed E-state index contributed by atoms with van der Waals surface area (Å²) in [6.45, 7) is 3.89. The van der Waals surface area contributed by atoms with E-state index in [-0.39, 0.29) is 24.2 Å². The number of piperidine rings is 1. The Morgan fingerprint density at radius 2 is 1.84 bits per heavy atom. The minimum Gasteiger partial charge on any atom is -0.491 e. The van der Waals surface area contributed by atoms with Crippen molar-refractivity contribution in [2.24, 2.45) is 0 Å². The van der Waals surface area contributed by atoms with Crippen molar-refractivity contribution in [3.8, 4) is 5.75 Å². The minimum absolute atomic E-state index is 0.0271. The molecule has 0 saturated carbocycles. The number of hydrogen-bond acceptors (Lipinski definition) is 5. The molecular weight excluding hydrogens is 392 g/mol. The molecule has 6 nitrogen and oxygen atoms in total. The Morgan fingerprint density at radius 1 is 1.10 bits per heavy atom. The van der Waals surface area contributed by atoms with Crippen LogP contribution in [0.5, 0.6) is 5.75 Å². The van der Waals surface area contributed by atoms with Gasteiger partial charge in [0.2, 0.25) is 0 Å². The van der Waals surface area contributed by atoms with Gasteiger partial charge in [-0.05, 0) is 55.5 Å². The second-order valence-corrected chi connectivity index (χ2v) is 8.53. The number of aliphatic hydroxyl groups excluding tert-OH is 1. The quantitative estimate of drug-likeness (QED) is 0.682. The highest BCUT2D eigenvalue weighted by atomic mass is 16.5. The van der Waals surface area contributed by atoms with Crippen molar-refractivity contribution in [3.63, 3.8) is 0 Å². The first-order valence-corrected chi connectivity index (χ1v) is 11.2. The monoisotopic (exact) mass is 424 g/mol. The Morgan fingerprint density at radius 3 is 2.55 bits per heavy atom. The number of rotatable bonds is 8. The first-order chi connectivity index (χ1) is 15.2. The highest BCUT2D eigenvalue weighted by Gasteiger charge is 2.42. The molecule has 6 heteroatoms.